The first-order valence-electron chi connectivity index (χ1n) is 3.01. The van der Waals surface area contributed by atoms with Crippen LogP contribution in [-0.4, -0.2) is 16.2 Å². The number of hydrogen-bond donors (Lipinski definition) is 1. The number of imidazole rings is 1. The normalized spacial score (nSPS) is 15.6. The molecule has 0 aliphatic carbocycles. The quantitative estimate of drug-likeness (QED) is 0.547. The van der Waals surface area contributed by atoms with Crippen LogP contribution in [0.2, 0.25) is 0 Å². The highest BCUT2D eigenvalue weighted by atomic mass is 15.0. The molecule has 0 saturated heterocycles. The smallest absolute Gasteiger partial charge is 0.172 e. The van der Waals surface area contributed by atoms with Gasteiger partial charge in [0, 0.05) is 6.21 Å². The molecule has 1 aliphatic rings. The lowest BCUT2D eigenvalue weighted by Gasteiger charge is -1.99. The van der Waals surface area contributed by atoms with Gasteiger partial charge in [-0.15, -0.1) is 0 Å². The standard InChI is InChI=1S/C6H7N3/c1-2-5-6(7-3-1)9-4-8-5/h3-4H,1-2H2,(H,8,9). The van der Waals surface area contributed by atoms with Crippen LogP contribution in [0.1, 0.15) is 12.1 Å². The first kappa shape index (κ1) is 4.73. The number of nitrogens with one attached hydrogen (secondary N) is 1. The number of aromatic nitrogens is 2. The van der Waals surface area contributed by atoms with Gasteiger partial charge in [-0.3, -0.25) is 0 Å². The first-order valence-corrected chi connectivity index (χ1v) is 3.01. The van der Waals surface area contributed by atoms with E-state index < -0.39 is 0 Å². The van der Waals surface area contributed by atoms with Gasteiger partial charge >= 0.3 is 0 Å². The number of aliphatic imine (C=N–C) groups is 1. The Morgan fingerprint density at radius 3 is 3.44 bits per heavy atom. The molecule has 0 aromatic carbocycles. The molecule has 46 valence electrons. The maximum Gasteiger partial charge on any atom is 0.172 e. The highest BCUT2D eigenvalue weighted by molar-refractivity contribution is 5.65. The van der Waals surface area contributed by atoms with Crippen molar-refractivity contribution in [1.29, 1.82) is 0 Å². The fraction of sp³-hybridized carbons (Fsp3) is 0.333. The van der Waals surface area contributed by atoms with E-state index in [9.17, 15) is 0 Å². The van der Waals surface area contributed by atoms with Gasteiger partial charge in [0.15, 0.2) is 5.82 Å². The molecule has 9 heavy (non-hydrogen) atoms. The maximum atomic E-state index is 4.09. The van der Waals surface area contributed by atoms with Crippen molar-refractivity contribution < 1.29 is 0 Å². The summed E-state index contributed by atoms with van der Waals surface area (Å²) in [6.07, 6.45) is 5.69. The summed E-state index contributed by atoms with van der Waals surface area (Å²) in [5.41, 5.74) is 1.16. The Labute approximate surface area is 52.8 Å². The van der Waals surface area contributed by atoms with Crippen molar-refractivity contribution in [2.24, 2.45) is 4.99 Å². The molecule has 0 spiro atoms. The Morgan fingerprint density at radius 2 is 2.56 bits per heavy atom. The molecule has 1 aromatic heterocycles. The van der Waals surface area contributed by atoms with E-state index in [-0.39, 0.29) is 0 Å². The number of nitrogens with zero attached hydrogens (tertiary/aromatic N) is 2. The number of aryl methyl sites for hydroxylation is 1. The molecule has 0 amide bonds. The molecule has 0 bridgehead atoms. The highest BCUT2D eigenvalue weighted by Gasteiger charge is 2.05. The summed E-state index contributed by atoms with van der Waals surface area (Å²) in [6.45, 7) is 0. The van der Waals surface area contributed by atoms with E-state index in [4.69, 9.17) is 0 Å². The zero-order valence-electron chi connectivity index (χ0n) is 4.96. The van der Waals surface area contributed by atoms with Crippen LogP contribution in [0.15, 0.2) is 11.3 Å². The van der Waals surface area contributed by atoms with Gasteiger partial charge < -0.3 is 4.98 Å². The first-order chi connectivity index (χ1) is 4.47. The number of fused-ring (bicyclic) bond motifs is 1. The van der Waals surface area contributed by atoms with E-state index in [0.29, 0.717) is 0 Å². The SMILES string of the molecule is C1=Nc2nc[nH]c2CC1. The highest BCUT2D eigenvalue weighted by Crippen LogP contribution is 2.17. The third-order valence-electron chi connectivity index (χ3n) is 1.43. The van der Waals surface area contributed by atoms with E-state index in [2.05, 4.69) is 15.0 Å². The fourth-order valence-corrected chi connectivity index (χ4v) is 0.969. The molecule has 3 heteroatoms. The van der Waals surface area contributed by atoms with E-state index in [1.165, 1.54) is 0 Å². The molecule has 3 nitrogen and oxygen atoms in total. The van der Waals surface area contributed by atoms with Gasteiger partial charge in [0.05, 0.1) is 12.0 Å². The zero-order valence-corrected chi connectivity index (χ0v) is 4.96. The molecule has 0 unspecified atom stereocenters. The monoisotopic (exact) mass is 121 g/mol. The molecule has 2 heterocycles. The van der Waals surface area contributed by atoms with Gasteiger partial charge in [0.25, 0.3) is 0 Å². The minimum Gasteiger partial charge on any atom is -0.347 e. The Morgan fingerprint density at radius 1 is 1.56 bits per heavy atom. The number of aromatic amines is 1. The largest absolute Gasteiger partial charge is 0.347 e. The van der Waals surface area contributed by atoms with Crippen molar-refractivity contribution >= 4 is 12.0 Å². The summed E-state index contributed by atoms with van der Waals surface area (Å²) in [5, 5.41) is 0. The average molecular weight is 121 g/mol. The molecule has 0 radical (unpaired) electrons. The molecule has 1 N–H and O–H groups in total. The van der Waals surface area contributed by atoms with Crippen LogP contribution in [0.25, 0.3) is 0 Å². The van der Waals surface area contributed by atoms with E-state index in [0.717, 1.165) is 24.4 Å². The van der Waals surface area contributed by atoms with Crippen molar-refractivity contribution in [2.75, 3.05) is 0 Å². The second-order valence-electron chi connectivity index (χ2n) is 2.06. The molecular weight excluding hydrogens is 114 g/mol. The second-order valence-corrected chi connectivity index (χ2v) is 2.06. The van der Waals surface area contributed by atoms with Crippen molar-refractivity contribution in [2.45, 2.75) is 12.8 Å². The summed E-state index contributed by atoms with van der Waals surface area (Å²) < 4.78 is 0. The summed E-state index contributed by atoms with van der Waals surface area (Å²) >= 11 is 0. The lowest BCUT2D eigenvalue weighted by molar-refractivity contribution is 0.979. The fourth-order valence-electron chi connectivity index (χ4n) is 0.969. The van der Waals surface area contributed by atoms with Crippen molar-refractivity contribution in [3.63, 3.8) is 0 Å². The lowest BCUT2D eigenvalue weighted by atomic mass is 10.2. The third-order valence-corrected chi connectivity index (χ3v) is 1.43. The van der Waals surface area contributed by atoms with Crippen LogP contribution in [0.3, 0.4) is 0 Å². The number of H-pyrrole nitrogens is 1. The van der Waals surface area contributed by atoms with Gasteiger partial charge in [-0.2, -0.15) is 0 Å². The van der Waals surface area contributed by atoms with Gasteiger partial charge in [-0.05, 0) is 12.8 Å². The minimum absolute atomic E-state index is 0.862. The van der Waals surface area contributed by atoms with Crippen LogP contribution in [-0.2, 0) is 6.42 Å². The Bertz CT molecular complexity index is 236. The number of rotatable bonds is 0. The Hall–Kier alpha value is -1.12. The van der Waals surface area contributed by atoms with Gasteiger partial charge in [0.2, 0.25) is 0 Å². The van der Waals surface area contributed by atoms with Crippen LogP contribution < -0.4 is 0 Å². The summed E-state index contributed by atoms with van der Waals surface area (Å²) in [6, 6.07) is 0. The molecule has 0 atom stereocenters. The Balaban J connectivity index is 2.53. The molecule has 1 aromatic rings. The molecule has 0 saturated carbocycles. The molecule has 0 fully saturated rings. The topological polar surface area (TPSA) is 41.0 Å². The zero-order chi connectivity index (χ0) is 6.10. The van der Waals surface area contributed by atoms with E-state index >= 15 is 0 Å². The van der Waals surface area contributed by atoms with E-state index in [1.807, 2.05) is 6.21 Å². The van der Waals surface area contributed by atoms with Crippen LogP contribution >= 0.6 is 0 Å². The third kappa shape index (κ3) is 0.650. The van der Waals surface area contributed by atoms with Crippen molar-refractivity contribution in [3.05, 3.63) is 12.0 Å². The van der Waals surface area contributed by atoms with E-state index in [1.54, 1.807) is 6.33 Å². The van der Waals surface area contributed by atoms with Gasteiger partial charge in [-0.1, -0.05) is 0 Å². The lowest BCUT2D eigenvalue weighted by Crippen LogP contribution is -1.91. The average Bonchev–Trinajstić information content (AvgIpc) is 2.33. The van der Waals surface area contributed by atoms with Gasteiger partial charge in [-0.25, -0.2) is 9.98 Å². The predicted molar refractivity (Wildman–Crippen MR) is 35.1 cm³/mol. The Kier molecular flexibility index (Phi) is 0.886. The summed E-state index contributed by atoms with van der Waals surface area (Å²) in [5.74, 6) is 0.862. The van der Waals surface area contributed by atoms with Crippen molar-refractivity contribution in [1.82, 2.24) is 9.97 Å². The number of hydrogen-bond acceptors (Lipinski definition) is 2. The second kappa shape index (κ2) is 1.69. The van der Waals surface area contributed by atoms with Gasteiger partial charge in [0.1, 0.15) is 0 Å². The molecule has 1 aliphatic heterocycles. The summed E-state index contributed by atoms with van der Waals surface area (Å²) in [4.78, 5) is 11.1. The van der Waals surface area contributed by atoms with Crippen LogP contribution in [0.5, 0.6) is 0 Å². The van der Waals surface area contributed by atoms with Crippen LogP contribution in [0, 0.1) is 0 Å². The molecule has 2 rings (SSSR count). The summed E-state index contributed by atoms with van der Waals surface area (Å²) in [7, 11) is 0. The maximum absolute atomic E-state index is 4.09. The molecular formula is C6H7N3. The van der Waals surface area contributed by atoms with Crippen molar-refractivity contribution in [3.8, 4) is 0 Å². The predicted octanol–water partition coefficient (Wildman–Crippen LogP) is 1.06. The minimum atomic E-state index is 0.862. The van der Waals surface area contributed by atoms with Crippen LogP contribution in [0.4, 0.5) is 5.82 Å².